The predicted molar refractivity (Wildman–Crippen MR) is 60.9 cm³/mol. The molecule has 1 aromatic carbocycles. The van der Waals surface area contributed by atoms with Crippen molar-refractivity contribution in [2.45, 2.75) is 11.2 Å². The Bertz CT molecular complexity index is 619. The van der Waals surface area contributed by atoms with Crippen molar-refractivity contribution in [3.63, 3.8) is 0 Å². The Labute approximate surface area is 105 Å². The van der Waals surface area contributed by atoms with E-state index in [9.17, 15) is 13.2 Å². The smallest absolute Gasteiger partial charge is 0.224 e. The monoisotopic (exact) mass is 269 g/mol. The SMILES string of the molecule is N#CCSc1nc(C(F)(F)F)nc2ccccc12. The van der Waals surface area contributed by atoms with Gasteiger partial charge in [0.25, 0.3) is 0 Å². The number of nitrogens with zero attached hydrogens (tertiary/aromatic N) is 3. The van der Waals surface area contributed by atoms with Crippen molar-refractivity contribution in [2.24, 2.45) is 0 Å². The molecule has 0 atom stereocenters. The number of alkyl halides is 3. The third kappa shape index (κ3) is 2.54. The highest BCUT2D eigenvalue weighted by Gasteiger charge is 2.35. The van der Waals surface area contributed by atoms with Crippen LogP contribution in [0.1, 0.15) is 5.82 Å². The van der Waals surface area contributed by atoms with Gasteiger partial charge in [-0.1, -0.05) is 30.0 Å². The number of hydrogen-bond acceptors (Lipinski definition) is 4. The van der Waals surface area contributed by atoms with E-state index in [1.807, 2.05) is 6.07 Å². The van der Waals surface area contributed by atoms with Crippen LogP contribution in [0.4, 0.5) is 13.2 Å². The minimum atomic E-state index is -4.59. The van der Waals surface area contributed by atoms with E-state index in [1.54, 1.807) is 18.2 Å². The van der Waals surface area contributed by atoms with E-state index >= 15 is 0 Å². The van der Waals surface area contributed by atoms with Gasteiger partial charge in [0.05, 0.1) is 17.3 Å². The minimum absolute atomic E-state index is 0.0400. The number of hydrogen-bond donors (Lipinski definition) is 0. The lowest BCUT2D eigenvalue weighted by molar-refractivity contribution is -0.145. The molecule has 0 unspecified atom stereocenters. The summed E-state index contributed by atoms with van der Waals surface area (Å²) in [6.45, 7) is 0. The number of thioether (sulfide) groups is 1. The zero-order chi connectivity index (χ0) is 13.2. The molecule has 0 bridgehead atoms. The Balaban J connectivity index is 2.61. The van der Waals surface area contributed by atoms with Crippen LogP contribution in [0, 0.1) is 11.3 Å². The van der Waals surface area contributed by atoms with Gasteiger partial charge in [-0.3, -0.25) is 0 Å². The van der Waals surface area contributed by atoms with Crippen molar-refractivity contribution in [3.8, 4) is 6.07 Å². The van der Waals surface area contributed by atoms with Gasteiger partial charge in [0.15, 0.2) is 0 Å². The molecule has 0 amide bonds. The van der Waals surface area contributed by atoms with Crippen LogP contribution in [-0.4, -0.2) is 15.7 Å². The summed E-state index contributed by atoms with van der Waals surface area (Å²) in [5.41, 5.74) is 0.222. The molecule has 2 rings (SSSR count). The molecule has 2 aromatic rings. The van der Waals surface area contributed by atoms with Crippen molar-refractivity contribution in [1.82, 2.24) is 9.97 Å². The zero-order valence-corrected chi connectivity index (χ0v) is 9.72. The van der Waals surface area contributed by atoms with Crippen LogP contribution in [0.5, 0.6) is 0 Å². The van der Waals surface area contributed by atoms with Crippen molar-refractivity contribution >= 4 is 22.7 Å². The number of rotatable bonds is 2. The van der Waals surface area contributed by atoms with Crippen LogP contribution in [0.3, 0.4) is 0 Å². The van der Waals surface area contributed by atoms with Gasteiger partial charge >= 0.3 is 6.18 Å². The molecule has 18 heavy (non-hydrogen) atoms. The molecule has 1 heterocycles. The van der Waals surface area contributed by atoms with Crippen LogP contribution < -0.4 is 0 Å². The molecule has 0 radical (unpaired) electrons. The quantitative estimate of drug-likeness (QED) is 0.620. The number of halogens is 3. The van der Waals surface area contributed by atoms with Crippen LogP contribution >= 0.6 is 11.8 Å². The van der Waals surface area contributed by atoms with Crippen molar-refractivity contribution in [2.75, 3.05) is 5.75 Å². The summed E-state index contributed by atoms with van der Waals surface area (Å²) >= 11 is 0.968. The molecule has 0 aliphatic heterocycles. The highest BCUT2D eigenvalue weighted by Crippen LogP contribution is 2.31. The molecule has 0 fully saturated rings. The van der Waals surface area contributed by atoms with E-state index in [1.165, 1.54) is 6.07 Å². The summed E-state index contributed by atoms with van der Waals surface area (Å²) in [5.74, 6) is -1.14. The normalized spacial score (nSPS) is 11.4. The fraction of sp³-hybridized carbons (Fsp3) is 0.182. The summed E-state index contributed by atoms with van der Waals surface area (Å²) in [6.07, 6.45) is -4.59. The Hall–Kier alpha value is -1.81. The molecular weight excluding hydrogens is 263 g/mol. The van der Waals surface area contributed by atoms with Crippen LogP contribution in [0.2, 0.25) is 0 Å². The Morgan fingerprint density at radius 1 is 1.22 bits per heavy atom. The lowest BCUT2D eigenvalue weighted by atomic mass is 10.2. The standard InChI is InChI=1S/C11H6F3N3S/c12-11(13,14)10-16-8-4-2-1-3-7(8)9(17-10)18-6-5-15/h1-4H,6H2. The predicted octanol–water partition coefficient (Wildman–Crippen LogP) is 3.26. The van der Waals surface area contributed by atoms with E-state index in [0.29, 0.717) is 5.39 Å². The summed E-state index contributed by atoms with van der Waals surface area (Å²) in [7, 11) is 0. The van der Waals surface area contributed by atoms with Gasteiger partial charge in [-0.2, -0.15) is 18.4 Å². The van der Waals surface area contributed by atoms with E-state index in [-0.39, 0.29) is 16.3 Å². The van der Waals surface area contributed by atoms with Gasteiger partial charge in [0.2, 0.25) is 5.82 Å². The van der Waals surface area contributed by atoms with E-state index in [4.69, 9.17) is 5.26 Å². The van der Waals surface area contributed by atoms with Crippen molar-refractivity contribution in [1.29, 1.82) is 5.26 Å². The molecule has 0 aliphatic carbocycles. The molecule has 3 nitrogen and oxygen atoms in total. The first-order valence-corrected chi connectivity index (χ1v) is 5.84. The first kappa shape index (κ1) is 12.6. The lowest BCUT2D eigenvalue weighted by Gasteiger charge is -2.09. The molecule has 1 aromatic heterocycles. The van der Waals surface area contributed by atoms with Gasteiger partial charge in [-0.05, 0) is 6.07 Å². The van der Waals surface area contributed by atoms with E-state index in [0.717, 1.165) is 11.8 Å². The first-order chi connectivity index (χ1) is 8.52. The maximum atomic E-state index is 12.6. The van der Waals surface area contributed by atoms with E-state index in [2.05, 4.69) is 9.97 Å². The molecule has 0 saturated heterocycles. The topological polar surface area (TPSA) is 49.6 Å². The maximum absolute atomic E-state index is 12.6. The second-order valence-corrected chi connectivity index (χ2v) is 4.28. The minimum Gasteiger partial charge on any atom is -0.224 e. The maximum Gasteiger partial charge on any atom is 0.451 e. The fourth-order valence-electron chi connectivity index (χ4n) is 1.38. The number of nitriles is 1. The highest BCUT2D eigenvalue weighted by molar-refractivity contribution is 7.99. The average molecular weight is 269 g/mol. The highest BCUT2D eigenvalue weighted by atomic mass is 32.2. The van der Waals surface area contributed by atoms with Gasteiger partial charge in [-0.25, -0.2) is 9.97 Å². The molecule has 7 heteroatoms. The third-order valence-electron chi connectivity index (χ3n) is 2.10. The largest absolute Gasteiger partial charge is 0.451 e. The summed E-state index contributed by atoms with van der Waals surface area (Å²) in [4.78, 5) is 6.97. The molecular formula is C11H6F3N3S. The molecule has 0 aliphatic rings. The fourth-order valence-corrected chi connectivity index (χ4v) is 2.07. The Kier molecular flexibility index (Phi) is 3.39. The van der Waals surface area contributed by atoms with Gasteiger partial charge in [-0.15, -0.1) is 0 Å². The Morgan fingerprint density at radius 2 is 1.94 bits per heavy atom. The van der Waals surface area contributed by atoms with Crippen LogP contribution in [-0.2, 0) is 6.18 Å². The number of benzene rings is 1. The zero-order valence-electron chi connectivity index (χ0n) is 8.90. The summed E-state index contributed by atoms with van der Waals surface area (Å²) in [6, 6.07) is 8.28. The molecule has 92 valence electrons. The molecule has 0 N–H and O–H groups in total. The lowest BCUT2D eigenvalue weighted by Crippen LogP contribution is -2.11. The number of para-hydroxylation sites is 1. The number of aromatic nitrogens is 2. The second kappa shape index (κ2) is 4.82. The third-order valence-corrected chi connectivity index (χ3v) is 2.95. The number of fused-ring (bicyclic) bond motifs is 1. The summed E-state index contributed by atoms with van der Waals surface area (Å²) < 4.78 is 37.9. The van der Waals surface area contributed by atoms with Crippen molar-refractivity contribution in [3.05, 3.63) is 30.1 Å². The van der Waals surface area contributed by atoms with Crippen LogP contribution in [0.25, 0.3) is 10.9 Å². The summed E-state index contributed by atoms with van der Waals surface area (Å²) in [5, 5.41) is 9.19. The van der Waals surface area contributed by atoms with Gasteiger partial charge in [0.1, 0.15) is 5.03 Å². The average Bonchev–Trinajstić information content (AvgIpc) is 2.34. The Morgan fingerprint density at radius 3 is 2.61 bits per heavy atom. The van der Waals surface area contributed by atoms with Gasteiger partial charge in [0, 0.05) is 5.39 Å². The first-order valence-electron chi connectivity index (χ1n) is 4.86. The van der Waals surface area contributed by atoms with E-state index < -0.39 is 12.0 Å². The van der Waals surface area contributed by atoms with Crippen LogP contribution in [0.15, 0.2) is 29.3 Å². The van der Waals surface area contributed by atoms with Crippen molar-refractivity contribution < 1.29 is 13.2 Å². The molecule has 0 spiro atoms. The second-order valence-electron chi connectivity index (χ2n) is 3.31. The molecule has 0 saturated carbocycles. The van der Waals surface area contributed by atoms with Gasteiger partial charge < -0.3 is 0 Å².